The van der Waals surface area contributed by atoms with E-state index < -0.39 is 5.41 Å². The molecule has 3 rings (SSSR count). The Hall–Kier alpha value is -2.67. The average Bonchev–Trinajstić information content (AvgIpc) is 3.16. The fourth-order valence-electron chi connectivity index (χ4n) is 3.90. The molecule has 1 saturated heterocycles. The van der Waals surface area contributed by atoms with Gasteiger partial charge in [0.15, 0.2) is 0 Å². The van der Waals surface area contributed by atoms with Crippen molar-refractivity contribution < 1.29 is 18.8 Å². The standard InChI is InChI=1S/C21H27N3O4/c1-23(2)20(26)21(10-7-11-24(15-21)19(25)14-27-3)13-17-12-18(22-28-17)16-8-5-4-6-9-16/h4-6,8-9,12H,7,10-11,13-15H2,1-3H3/t21-/m1/s1. The van der Waals surface area contributed by atoms with E-state index in [1.54, 1.807) is 23.9 Å². The smallest absolute Gasteiger partial charge is 0.248 e. The second kappa shape index (κ2) is 8.56. The van der Waals surface area contributed by atoms with Crippen LogP contribution in [0.5, 0.6) is 0 Å². The van der Waals surface area contributed by atoms with Crippen molar-refractivity contribution in [3.63, 3.8) is 0 Å². The van der Waals surface area contributed by atoms with E-state index in [2.05, 4.69) is 5.16 Å². The summed E-state index contributed by atoms with van der Waals surface area (Å²) in [5.41, 5.74) is 0.982. The Morgan fingerprint density at radius 1 is 1.29 bits per heavy atom. The Labute approximate surface area is 165 Å². The van der Waals surface area contributed by atoms with Gasteiger partial charge >= 0.3 is 0 Å². The highest BCUT2D eigenvalue weighted by Crippen LogP contribution is 2.36. The van der Waals surface area contributed by atoms with Crippen molar-refractivity contribution in [2.75, 3.05) is 40.9 Å². The van der Waals surface area contributed by atoms with E-state index in [9.17, 15) is 9.59 Å². The molecule has 0 N–H and O–H groups in total. The number of ether oxygens (including phenoxy) is 1. The average molecular weight is 385 g/mol. The van der Waals surface area contributed by atoms with Gasteiger partial charge < -0.3 is 19.1 Å². The lowest BCUT2D eigenvalue weighted by molar-refractivity contribution is -0.149. The number of amides is 2. The fourth-order valence-corrected chi connectivity index (χ4v) is 3.90. The number of hydrogen-bond donors (Lipinski definition) is 0. The van der Waals surface area contributed by atoms with Gasteiger partial charge in [0.05, 0.1) is 5.41 Å². The van der Waals surface area contributed by atoms with Crippen LogP contribution >= 0.6 is 0 Å². The van der Waals surface area contributed by atoms with Gasteiger partial charge in [-0.15, -0.1) is 0 Å². The van der Waals surface area contributed by atoms with Crippen LogP contribution in [-0.4, -0.2) is 67.7 Å². The maximum absolute atomic E-state index is 13.1. The normalized spacial score (nSPS) is 19.5. The summed E-state index contributed by atoms with van der Waals surface area (Å²) < 4.78 is 10.6. The first-order valence-electron chi connectivity index (χ1n) is 9.45. The number of benzene rings is 1. The number of aromatic nitrogens is 1. The van der Waals surface area contributed by atoms with Gasteiger partial charge in [-0.05, 0) is 12.8 Å². The number of carbonyl (C=O) groups is 2. The number of hydrogen-bond acceptors (Lipinski definition) is 5. The minimum atomic E-state index is -0.724. The van der Waals surface area contributed by atoms with Crippen LogP contribution < -0.4 is 0 Å². The van der Waals surface area contributed by atoms with Crippen LogP contribution in [0.25, 0.3) is 11.3 Å². The lowest BCUT2D eigenvalue weighted by Crippen LogP contribution is -2.54. The number of nitrogens with zero attached hydrogens (tertiary/aromatic N) is 3. The van der Waals surface area contributed by atoms with E-state index in [1.165, 1.54) is 7.11 Å². The van der Waals surface area contributed by atoms with Crippen molar-refractivity contribution in [1.82, 2.24) is 15.0 Å². The third-order valence-corrected chi connectivity index (χ3v) is 5.20. The molecule has 7 nitrogen and oxygen atoms in total. The lowest BCUT2D eigenvalue weighted by atomic mass is 9.75. The zero-order valence-corrected chi connectivity index (χ0v) is 16.7. The third-order valence-electron chi connectivity index (χ3n) is 5.20. The van der Waals surface area contributed by atoms with E-state index in [4.69, 9.17) is 9.26 Å². The summed E-state index contributed by atoms with van der Waals surface area (Å²) in [6.45, 7) is 1.01. The molecule has 0 saturated carbocycles. The van der Waals surface area contributed by atoms with Crippen LogP contribution in [-0.2, 0) is 20.7 Å². The predicted octanol–water partition coefficient (Wildman–Crippen LogP) is 2.23. The Kier molecular flexibility index (Phi) is 6.14. The van der Waals surface area contributed by atoms with Crippen molar-refractivity contribution in [1.29, 1.82) is 0 Å². The lowest BCUT2D eigenvalue weighted by Gasteiger charge is -2.42. The Morgan fingerprint density at radius 3 is 2.71 bits per heavy atom. The Morgan fingerprint density at radius 2 is 2.04 bits per heavy atom. The van der Waals surface area contributed by atoms with Crippen LogP contribution in [0.1, 0.15) is 18.6 Å². The van der Waals surface area contributed by atoms with Gasteiger partial charge in [0, 0.05) is 52.3 Å². The van der Waals surface area contributed by atoms with Crippen molar-refractivity contribution >= 4 is 11.8 Å². The highest BCUT2D eigenvalue weighted by molar-refractivity contribution is 5.85. The first-order chi connectivity index (χ1) is 13.4. The molecule has 2 heterocycles. The molecule has 7 heteroatoms. The molecule has 0 unspecified atom stereocenters. The van der Waals surface area contributed by atoms with Crippen molar-refractivity contribution in [3.05, 3.63) is 42.2 Å². The maximum Gasteiger partial charge on any atom is 0.248 e. The van der Waals surface area contributed by atoms with E-state index in [0.29, 0.717) is 31.7 Å². The van der Waals surface area contributed by atoms with E-state index in [0.717, 1.165) is 17.7 Å². The SMILES string of the molecule is COCC(=O)N1CCC[C@](Cc2cc(-c3ccccc3)no2)(C(=O)N(C)C)C1. The first kappa shape index (κ1) is 20.1. The molecule has 2 amide bonds. The van der Waals surface area contributed by atoms with E-state index in [1.807, 2.05) is 36.4 Å². The quantitative estimate of drug-likeness (QED) is 0.762. The molecule has 2 aromatic rings. The van der Waals surface area contributed by atoms with Crippen molar-refractivity contribution in [2.45, 2.75) is 19.3 Å². The molecular weight excluding hydrogens is 358 g/mol. The largest absolute Gasteiger partial charge is 0.375 e. The summed E-state index contributed by atoms with van der Waals surface area (Å²) in [4.78, 5) is 28.8. The number of methoxy groups -OCH3 is 1. The monoisotopic (exact) mass is 385 g/mol. The molecule has 1 fully saturated rings. The number of piperidine rings is 1. The molecule has 0 bridgehead atoms. The van der Waals surface area contributed by atoms with Crippen LogP contribution in [0.15, 0.2) is 40.9 Å². The number of likely N-dealkylation sites (tertiary alicyclic amines) is 1. The highest BCUT2D eigenvalue weighted by Gasteiger charge is 2.45. The minimum absolute atomic E-state index is 0.0000722. The molecule has 0 spiro atoms. The molecule has 1 aromatic heterocycles. The molecule has 150 valence electrons. The summed E-state index contributed by atoms with van der Waals surface area (Å²) in [6, 6.07) is 11.7. The highest BCUT2D eigenvalue weighted by atomic mass is 16.5. The van der Waals surface area contributed by atoms with Crippen LogP contribution in [0.4, 0.5) is 0 Å². The topological polar surface area (TPSA) is 75.9 Å². The van der Waals surface area contributed by atoms with Gasteiger partial charge in [-0.25, -0.2) is 0 Å². The molecule has 1 aromatic carbocycles. The second-order valence-corrected chi connectivity index (χ2v) is 7.55. The second-order valence-electron chi connectivity index (χ2n) is 7.55. The molecule has 1 aliphatic heterocycles. The summed E-state index contributed by atoms with van der Waals surface area (Å²) in [6.07, 6.45) is 1.86. The van der Waals surface area contributed by atoms with Gasteiger partial charge in [0.2, 0.25) is 11.8 Å². The predicted molar refractivity (Wildman–Crippen MR) is 104 cm³/mol. The first-order valence-corrected chi connectivity index (χ1v) is 9.45. The number of rotatable bonds is 6. The molecule has 28 heavy (non-hydrogen) atoms. The van der Waals surface area contributed by atoms with Gasteiger partial charge in [0.25, 0.3) is 0 Å². The summed E-state index contributed by atoms with van der Waals surface area (Å²) >= 11 is 0. The fraction of sp³-hybridized carbons (Fsp3) is 0.476. The van der Waals surface area contributed by atoms with Crippen molar-refractivity contribution in [3.8, 4) is 11.3 Å². The maximum atomic E-state index is 13.1. The zero-order valence-electron chi connectivity index (χ0n) is 16.7. The van der Waals surface area contributed by atoms with E-state index in [-0.39, 0.29) is 18.4 Å². The zero-order chi connectivity index (χ0) is 20.1. The number of carbonyl (C=O) groups excluding carboxylic acids is 2. The van der Waals surface area contributed by atoms with Gasteiger partial charge in [0.1, 0.15) is 18.1 Å². The summed E-state index contributed by atoms with van der Waals surface area (Å²) in [7, 11) is 4.99. The summed E-state index contributed by atoms with van der Waals surface area (Å²) in [5.74, 6) is 0.552. The minimum Gasteiger partial charge on any atom is -0.375 e. The Bertz CT molecular complexity index is 818. The van der Waals surface area contributed by atoms with Gasteiger partial charge in [-0.3, -0.25) is 9.59 Å². The molecule has 1 atom stereocenters. The van der Waals surface area contributed by atoms with Crippen LogP contribution in [0.3, 0.4) is 0 Å². The molecule has 1 aliphatic rings. The van der Waals surface area contributed by atoms with Crippen LogP contribution in [0.2, 0.25) is 0 Å². The van der Waals surface area contributed by atoms with Crippen LogP contribution in [0, 0.1) is 5.41 Å². The molecular formula is C21H27N3O4. The van der Waals surface area contributed by atoms with E-state index >= 15 is 0 Å². The van der Waals surface area contributed by atoms with Gasteiger partial charge in [-0.1, -0.05) is 35.5 Å². The molecule has 0 aliphatic carbocycles. The molecule has 0 radical (unpaired) electrons. The Balaban J connectivity index is 1.86. The summed E-state index contributed by atoms with van der Waals surface area (Å²) in [5, 5.41) is 4.17. The van der Waals surface area contributed by atoms with Gasteiger partial charge in [-0.2, -0.15) is 0 Å². The third kappa shape index (κ3) is 4.25. The van der Waals surface area contributed by atoms with Crippen molar-refractivity contribution in [2.24, 2.45) is 5.41 Å².